The SMILES string of the molecule is COc1cc(/C=C/C(=O)OCCc2ccccc2)cc(Cl)c1O. The van der Waals surface area contributed by atoms with Crippen LogP contribution in [0.5, 0.6) is 11.5 Å². The van der Waals surface area contributed by atoms with Gasteiger partial charge in [0.05, 0.1) is 18.7 Å². The van der Waals surface area contributed by atoms with E-state index in [0.717, 1.165) is 5.56 Å². The summed E-state index contributed by atoms with van der Waals surface area (Å²) in [6.45, 7) is 0.312. The van der Waals surface area contributed by atoms with Crippen LogP contribution in [-0.2, 0) is 16.0 Å². The Morgan fingerprint density at radius 3 is 2.70 bits per heavy atom. The number of phenols is 1. The summed E-state index contributed by atoms with van der Waals surface area (Å²) in [5, 5.41) is 9.81. The second-order valence-electron chi connectivity index (χ2n) is 4.79. The summed E-state index contributed by atoms with van der Waals surface area (Å²) in [4.78, 5) is 11.7. The highest BCUT2D eigenvalue weighted by atomic mass is 35.5. The van der Waals surface area contributed by atoms with E-state index in [2.05, 4.69) is 0 Å². The monoisotopic (exact) mass is 332 g/mol. The summed E-state index contributed by atoms with van der Waals surface area (Å²) in [6.07, 6.45) is 3.53. The molecule has 4 nitrogen and oxygen atoms in total. The molecule has 0 heterocycles. The lowest BCUT2D eigenvalue weighted by molar-refractivity contribution is -0.137. The van der Waals surface area contributed by atoms with Crippen LogP contribution < -0.4 is 4.74 Å². The maximum Gasteiger partial charge on any atom is 0.330 e. The summed E-state index contributed by atoms with van der Waals surface area (Å²) in [6, 6.07) is 12.9. The Hall–Kier alpha value is -2.46. The van der Waals surface area contributed by atoms with Crippen LogP contribution in [0.1, 0.15) is 11.1 Å². The standard InChI is InChI=1S/C18H17ClO4/c1-22-16-12-14(11-15(19)18(16)21)7-8-17(20)23-10-9-13-5-3-2-4-6-13/h2-8,11-12,21H,9-10H2,1H3/b8-7+. The van der Waals surface area contributed by atoms with E-state index in [0.29, 0.717) is 18.6 Å². The predicted molar refractivity (Wildman–Crippen MR) is 89.8 cm³/mol. The third-order valence-electron chi connectivity index (χ3n) is 3.16. The van der Waals surface area contributed by atoms with Crippen molar-refractivity contribution in [1.29, 1.82) is 0 Å². The Morgan fingerprint density at radius 2 is 2.00 bits per heavy atom. The lowest BCUT2D eigenvalue weighted by atomic mass is 10.2. The van der Waals surface area contributed by atoms with Crippen LogP contribution in [0.25, 0.3) is 6.08 Å². The molecule has 0 aliphatic rings. The Labute approximate surface area is 139 Å². The van der Waals surface area contributed by atoms with Crippen LogP contribution >= 0.6 is 11.6 Å². The van der Waals surface area contributed by atoms with E-state index in [1.165, 1.54) is 19.3 Å². The molecule has 0 unspecified atom stereocenters. The average Bonchev–Trinajstić information content (AvgIpc) is 2.56. The van der Waals surface area contributed by atoms with Crippen molar-refractivity contribution in [3.05, 3.63) is 64.7 Å². The number of aromatic hydroxyl groups is 1. The van der Waals surface area contributed by atoms with Gasteiger partial charge in [0.1, 0.15) is 0 Å². The Kier molecular flexibility index (Phi) is 6.06. The lowest BCUT2D eigenvalue weighted by Gasteiger charge is -2.06. The highest BCUT2D eigenvalue weighted by Gasteiger charge is 2.07. The van der Waals surface area contributed by atoms with E-state index in [9.17, 15) is 9.90 Å². The van der Waals surface area contributed by atoms with E-state index < -0.39 is 5.97 Å². The molecular formula is C18H17ClO4. The molecule has 2 aromatic rings. The number of halogens is 1. The van der Waals surface area contributed by atoms with Gasteiger partial charge in [-0.1, -0.05) is 41.9 Å². The van der Waals surface area contributed by atoms with Crippen LogP contribution in [0.3, 0.4) is 0 Å². The van der Waals surface area contributed by atoms with Crippen LogP contribution in [0.4, 0.5) is 0 Å². The molecule has 2 rings (SSSR count). The summed E-state index contributed by atoms with van der Waals surface area (Å²) >= 11 is 5.88. The summed E-state index contributed by atoms with van der Waals surface area (Å²) in [5.74, 6) is -0.324. The highest BCUT2D eigenvalue weighted by Crippen LogP contribution is 2.35. The number of benzene rings is 2. The average molecular weight is 333 g/mol. The van der Waals surface area contributed by atoms with Crippen LogP contribution in [-0.4, -0.2) is 24.8 Å². The van der Waals surface area contributed by atoms with Crippen molar-refractivity contribution in [2.45, 2.75) is 6.42 Å². The van der Waals surface area contributed by atoms with Crippen molar-refractivity contribution < 1.29 is 19.4 Å². The fraction of sp³-hybridized carbons (Fsp3) is 0.167. The number of carbonyl (C=O) groups excluding carboxylic acids is 1. The molecule has 0 aliphatic heterocycles. The van der Waals surface area contributed by atoms with Gasteiger partial charge >= 0.3 is 5.97 Å². The van der Waals surface area contributed by atoms with Crippen molar-refractivity contribution in [2.24, 2.45) is 0 Å². The third kappa shape index (κ3) is 5.04. The van der Waals surface area contributed by atoms with Gasteiger partial charge in [-0.05, 0) is 29.3 Å². The van der Waals surface area contributed by atoms with E-state index in [4.69, 9.17) is 21.1 Å². The largest absolute Gasteiger partial charge is 0.503 e. The molecule has 1 N–H and O–H groups in total. The third-order valence-corrected chi connectivity index (χ3v) is 3.45. The molecule has 0 saturated carbocycles. The molecule has 0 amide bonds. The van der Waals surface area contributed by atoms with Crippen molar-refractivity contribution in [3.8, 4) is 11.5 Å². The van der Waals surface area contributed by atoms with Crippen molar-refractivity contribution >= 4 is 23.6 Å². The fourth-order valence-electron chi connectivity index (χ4n) is 1.97. The van der Waals surface area contributed by atoms with Gasteiger partial charge in [-0.3, -0.25) is 0 Å². The van der Waals surface area contributed by atoms with Crippen LogP contribution in [0.15, 0.2) is 48.5 Å². The summed E-state index contributed by atoms with van der Waals surface area (Å²) in [5.41, 5.74) is 1.74. The maximum absolute atomic E-state index is 11.7. The van der Waals surface area contributed by atoms with Crippen LogP contribution in [0.2, 0.25) is 5.02 Å². The van der Waals surface area contributed by atoms with Gasteiger partial charge in [0.15, 0.2) is 11.5 Å². The number of hydrogen-bond donors (Lipinski definition) is 1. The molecule has 0 atom stereocenters. The lowest BCUT2D eigenvalue weighted by Crippen LogP contribution is -2.04. The molecule has 0 bridgehead atoms. The molecule has 0 radical (unpaired) electrons. The summed E-state index contributed by atoms with van der Waals surface area (Å²) in [7, 11) is 1.43. The van der Waals surface area contributed by atoms with Gasteiger partial charge < -0.3 is 14.6 Å². The van der Waals surface area contributed by atoms with Gasteiger partial charge in [0.25, 0.3) is 0 Å². The minimum Gasteiger partial charge on any atom is -0.503 e. The number of phenolic OH excluding ortho intramolecular Hbond substituents is 1. The second kappa shape index (κ2) is 8.25. The summed E-state index contributed by atoms with van der Waals surface area (Å²) < 4.78 is 10.1. The van der Waals surface area contributed by atoms with Crippen LogP contribution in [0, 0.1) is 0 Å². The quantitative estimate of drug-likeness (QED) is 0.644. The topological polar surface area (TPSA) is 55.8 Å². The molecule has 0 aromatic heterocycles. The minimum atomic E-state index is -0.441. The molecule has 0 fully saturated rings. The minimum absolute atomic E-state index is 0.128. The Morgan fingerprint density at radius 1 is 1.26 bits per heavy atom. The zero-order chi connectivity index (χ0) is 16.7. The smallest absolute Gasteiger partial charge is 0.330 e. The number of hydrogen-bond acceptors (Lipinski definition) is 4. The normalized spacial score (nSPS) is 10.7. The number of ether oxygens (including phenoxy) is 2. The molecule has 23 heavy (non-hydrogen) atoms. The fourth-order valence-corrected chi connectivity index (χ4v) is 2.19. The van der Waals surface area contributed by atoms with E-state index >= 15 is 0 Å². The van der Waals surface area contributed by atoms with E-state index in [1.54, 1.807) is 12.1 Å². The maximum atomic E-state index is 11.7. The molecule has 0 saturated heterocycles. The second-order valence-corrected chi connectivity index (χ2v) is 5.20. The highest BCUT2D eigenvalue weighted by molar-refractivity contribution is 6.32. The Balaban J connectivity index is 1.90. The first-order valence-electron chi connectivity index (χ1n) is 7.05. The molecule has 5 heteroatoms. The van der Waals surface area contributed by atoms with E-state index in [1.807, 2.05) is 30.3 Å². The zero-order valence-corrected chi connectivity index (χ0v) is 13.4. The van der Waals surface area contributed by atoms with Crippen molar-refractivity contribution in [3.63, 3.8) is 0 Å². The molecule has 0 spiro atoms. The van der Waals surface area contributed by atoms with Gasteiger partial charge in [-0.15, -0.1) is 0 Å². The van der Waals surface area contributed by atoms with Crippen molar-refractivity contribution in [2.75, 3.05) is 13.7 Å². The van der Waals surface area contributed by atoms with Crippen molar-refractivity contribution in [1.82, 2.24) is 0 Å². The first-order chi connectivity index (χ1) is 11.1. The first-order valence-corrected chi connectivity index (χ1v) is 7.43. The number of rotatable bonds is 6. The van der Waals surface area contributed by atoms with Gasteiger partial charge in [0, 0.05) is 12.5 Å². The molecule has 120 valence electrons. The zero-order valence-electron chi connectivity index (χ0n) is 12.7. The van der Waals surface area contributed by atoms with Gasteiger partial charge in [0.2, 0.25) is 0 Å². The number of carbonyl (C=O) groups is 1. The Bertz CT molecular complexity index is 696. The molecular weight excluding hydrogens is 316 g/mol. The number of esters is 1. The number of methoxy groups -OCH3 is 1. The first kappa shape index (κ1) is 16.9. The predicted octanol–water partition coefficient (Wildman–Crippen LogP) is 3.85. The van der Waals surface area contributed by atoms with Gasteiger partial charge in [-0.25, -0.2) is 4.79 Å². The van der Waals surface area contributed by atoms with E-state index in [-0.39, 0.29) is 16.5 Å². The van der Waals surface area contributed by atoms with Gasteiger partial charge in [-0.2, -0.15) is 0 Å². The molecule has 2 aromatic carbocycles. The molecule has 0 aliphatic carbocycles.